The van der Waals surface area contributed by atoms with Crippen LogP contribution in [0.1, 0.15) is 19.8 Å². The lowest BCUT2D eigenvalue weighted by Gasteiger charge is -2.14. The summed E-state index contributed by atoms with van der Waals surface area (Å²) in [6.45, 7) is 4.52. The predicted molar refractivity (Wildman–Crippen MR) is 87.5 cm³/mol. The highest BCUT2D eigenvalue weighted by Crippen LogP contribution is 2.25. The molecule has 0 spiro atoms. The first kappa shape index (κ1) is 18.5. The van der Waals surface area contributed by atoms with Crippen molar-refractivity contribution in [1.29, 1.82) is 0 Å². The molecule has 1 rings (SSSR count). The van der Waals surface area contributed by atoms with E-state index in [4.69, 9.17) is 32.7 Å². The highest BCUT2D eigenvalue weighted by molar-refractivity contribution is 6.35. The van der Waals surface area contributed by atoms with Gasteiger partial charge < -0.3 is 19.9 Å². The summed E-state index contributed by atoms with van der Waals surface area (Å²) in [5.74, 6) is 0. The molecule has 0 saturated heterocycles. The average molecular weight is 336 g/mol. The third-order valence-electron chi connectivity index (χ3n) is 2.78. The van der Waals surface area contributed by atoms with E-state index in [0.29, 0.717) is 35.5 Å². The first-order valence-electron chi connectivity index (χ1n) is 7.16. The summed E-state index contributed by atoms with van der Waals surface area (Å²) in [5, 5.41) is 14.0. The zero-order chi connectivity index (χ0) is 15.5. The molecule has 0 fully saturated rings. The minimum atomic E-state index is -0.615. The van der Waals surface area contributed by atoms with Crippen molar-refractivity contribution in [2.24, 2.45) is 0 Å². The lowest BCUT2D eigenvalue weighted by Crippen LogP contribution is -2.25. The number of hydrogen-bond donors (Lipinski definition) is 2. The molecular formula is C15H23Cl2NO3. The van der Waals surface area contributed by atoms with Crippen LogP contribution in [0.4, 0.5) is 5.69 Å². The normalized spacial score (nSPS) is 12.4. The highest BCUT2D eigenvalue weighted by atomic mass is 35.5. The Labute approximate surface area is 136 Å². The summed E-state index contributed by atoms with van der Waals surface area (Å²) < 4.78 is 10.7. The second kappa shape index (κ2) is 11.1. The molecule has 0 amide bonds. The molecule has 0 aliphatic rings. The van der Waals surface area contributed by atoms with Crippen LogP contribution in [0.15, 0.2) is 18.2 Å². The Balaban J connectivity index is 2.11. The van der Waals surface area contributed by atoms with Gasteiger partial charge in [0.15, 0.2) is 0 Å². The third kappa shape index (κ3) is 8.49. The van der Waals surface area contributed by atoms with E-state index >= 15 is 0 Å². The van der Waals surface area contributed by atoms with Gasteiger partial charge in [0, 0.05) is 18.2 Å². The van der Waals surface area contributed by atoms with Crippen molar-refractivity contribution in [3.63, 3.8) is 0 Å². The Hall–Kier alpha value is -0.520. The summed E-state index contributed by atoms with van der Waals surface area (Å²) in [4.78, 5) is 0. The van der Waals surface area contributed by atoms with E-state index in [9.17, 15) is 5.11 Å². The zero-order valence-corrected chi connectivity index (χ0v) is 13.8. The van der Waals surface area contributed by atoms with Gasteiger partial charge in [0.1, 0.15) is 0 Å². The van der Waals surface area contributed by atoms with Gasteiger partial charge in [-0.2, -0.15) is 0 Å². The standard InChI is InChI=1S/C15H23Cl2NO3/c1-2-3-6-20-7-8-21-11-13(19)10-18-15-9-12(16)4-5-14(15)17/h4-5,9,13,18-19H,2-3,6-8,10-11H2,1H3. The van der Waals surface area contributed by atoms with Gasteiger partial charge >= 0.3 is 0 Å². The molecule has 1 aromatic carbocycles. The second-order valence-electron chi connectivity index (χ2n) is 4.70. The van der Waals surface area contributed by atoms with Crippen molar-refractivity contribution in [2.45, 2.75) is 25.9 Å². The van der Waals surface area contributed by atoms with Crippen molar-refractivity contribution >= 4 is 28.9 Å². The minimum Gasteiger partial charge on any atom is -0.389 e. The lowest BCUT2D eigenvalue weighted by molar-refractivity contribution is 0.00749. The maximum atomic E-state index is 9.81. The quantitative estimate of drug-likeness (QED) is 0.606. The maximum absolute atomic E-state index is 9.81. The Kier molecular flexibility index (Phi) is 9.79. The largest absolute Gasteiger partial charge is 0.389 e. The SMILES string of the molecule is CCCCOCCOCC(O)CNc1cc(Cl)ccc1Cl. The van der Waals surface area contributed by atoms with Crippen LogP contribution in [0.3, 0.4) is 0 Å². The first-order chi connectivity index (χ1) is 10.1. The molecule has 0 aliphatic heterocycles. The van der Waals surface area contributed by atoms with Gasteiger partial charge in [0.05, 0.1) is 36.6 Å². The fraction of sp³-hybridized carbons (Fsp3) is 0.600. The molecule has 21 heavy (non-hydrogen) atoms. The van der Waals surface area contributed by atoms with Crippen molar-refractivity contribution in [3.05, 3.63) is 28.2 Å². The maximum Gasteiger partial charge on any atom is 0.0945 e. The smallest absolute Gasteiger partial charge is 0.0945 e. The number of hydrogen-bond acceptors (Lipinski definition) is 4. The number of rotatable bonds is 11. The molecule has 0 radical (unpaired) electrons. The fourth-order valence-corrected chi connectivity index (χ4v) is 1.96. The number of nitrogens with one attached hydrogen (secondary N) is 1. The molecule has 1 atom stereocenters. The number of ether oxygens (including phenoxy) is 2. The Morgan fingerprint density at radius 2 is 1.95 bits per heavy atom. The molecule has 0 bridgehead atoms. The second-order valence-corrected chi connectivity index (χ2v) is 5.54. The molecule has 120 valence electrons. The van der Waals surface area contributed by atoms with Crippen LogP contribution >= 0.6 is 23.2 Å². The fourth-order valence-electron chi connectivity index (χ4n) is 1.61. The van der Waals surface area contributed by atoms with Crippen LogP contribution in [-0.2, 0) is 9.47 Å². The molecule has 4 nitrogen and oxygen atoms in total. The number of unbranched alkanes of at least 4 members (excludes halogenated alkanes) is 1. The van der Waals surface area contributed by atoms with Crippen LogP contribution in [0, 0.1) is 0 Å². The molecule has 0 aliphatic carbocycles. The third-order valence-corrected chi connectivity index (χ3v) is 3.35. The van der Waals surface area contributed by atoms with E-state index < -0.39 is 6.10 Å². The topological polar surface area (TPSA) is 50.7 Å². The van der Waals surface area contributed by atoms with E-state index in [1.165, 1.54) is 0 Å². The molecule has 1 unspecified atom stereocenters. The van der Waals surface area contributed by atoms with Gasteiger partial charge in [-0.1, -0.05) is 36.5 Å². The van der Waals surface area contributed by atoms with E-state index in [1.807, 2.05) is 0 Å². The van der Waals surface area contributed by atoms with E-state index in [0.717, 1.165) is 19.4 Å². The summed E-state index contributed by atoms with van der Waals surface area (Å²) in [7, 11) is 0. The van der Waals surface area contributed by atoms with Crippen LogP contribution < -0.4 is 5.32 Å². The van der Waals surface area contributed by atoms with Crippen molar-refractivity contribution < 1.29 is 14.6 Å². The van der Waals surface area contributed by atoms with Crippen molar-refractivity contribution in [3.8, 4) is 0 Å². The van der Waals surface area contributed by atoms with Gasteiger partial charge in [0.25, 0.3) is 0 Å². The summed E-state index contributed by atoms with van der Waals surface area (Å²) in [5.41, 5.74) is 0.700. The first-order valence-corrected chi connectivity index (χ1v) is 7.91. The molecule has 1 aromatic rings. The molecular weight excluding hydrogens is 313 g/mol. The van der Waals surface area contributed by atoms with Gasteiger partial charge in [0.2, 0.25) is 0 Å². The minimum absolute atomic E-state index is 0.252. The van der Waals surface area contributed by atoms with Crippen LogP contribution in [0.5, 0.6) is 0 Å². The summed E-state index contributed by atoms with van der Waals surface area (Å²) in [6.07, 6.45) is 1.57. The van der Waals surface area contributed by atoms with E-state index in [1.54, 1.807) is 18.2 Å². The van der Waals surface area contributed by atoms with Crippen LogP contribution in [0.25, 0.3) is 0 Å². The number of benzene rings is 1. The number of aliphatic hydroxyl groups excluding tert-OH is 1. The Bertz CT molecular complexity index is 405. The Morgan fingerprint density at radius 3 is 2.71 bits per heavy atom. The average Bonchev–Trinajstić information content (AvgIpc) is 2.47. The number of anilines is 1. The molecule has 2 N–H and O–H groups in total. The van der Waals surface area contributed by atoms with Crippen molar-refractivity contribution in [2.75, 3.05) is 38.3 Å². The number of halogens is 2. The zero-order valence-electron chi connectivity index (χ0n) is 12.3. The molecule has 0 aromatic heterocycles. The van der Waals surface area contributed by atoms with Crippen LogP contribution in [0.2, 0.25) is 10.0 Å². The molecule has 0 heterocycles. The molecule has 6 heteroatoms. The van der Waals surface area contributed by atoms with Gasteiger partial charge in [-0.15, -0.1) is 0 Å². The number of aliphatic hydroxyl groups is 1. The Morgan fingerprint density at radius 1 is 1.19 bits per heavy atom. The summed E-state index contributed by atoms with van der Waals surface area (Å²) >= 11 is 11.9. The van der Waals surface area contributed by atoms with E-state index in [-0.39, 0.29) is 6.61 Å². The van der Waals surface area contributed by atoms with Gasteiger partial charge in [-0.05, 0) is 24.6 Å². The summed E-state index contributed by atoms with van der Waals surface area (Å²) in [6, 6.07) is 5.15. The monoisotopic (exact) mass is 335 g/mol. The predicted octanol–water partition coefficient (Wildman–Crippen LogP) is 3.60. The van der Waals surface area contributed by atoms with Crippen LogP contribution in [-0.4, -0.2) is 44.2 Å². The van der Waals surface area contributed by atoms with Gasteiger partial charge in [-0.25, -0.2) is 0 Å². The van der Waals surface area contributed by atoms with Gasteiger partial charge in [-0.3, -0.25) is 0 Å². The molecule has 0 saturated carbocycles. The van der Waals surface area contributed by atoms with E-state index in [2.05, 4.69) is 12.2 Å². The van der Waals surface area contributed by atoms with Crippen molar-refractivity contribution in [1.82, 2.24) is 0 Å². The highest BCUT2D eigenvalue weighted by Gasteiger charge is 2.06. The lowest BCUT2D eigenvalue weighted by atomic mass is 10.3.